The molecule has 0 aliphatic carbocycles. The summed E-state index contributed by atoms with van der Waals surface area (Å²) in [5, 5.41) is 4.90. The van der Waals surface area contributed by atoms with Crippen LogP contribution in [-0.4, -0.2) is 24.7 Å². The zero-order chi connectivity index (χ0) is 12.4. The molecule has 0 saturated carbocycles. The molecule has 3 heteroatoms. The molecular formula is C15H20N2O. The van der Waals surface area contributed by atoms with Crippen molar-refractivity contribution in [1.82, 2.24) is 10.3 Å². The van der Waals surface area contributed by atoms with Gasteiger partial charge in [0.25, 0.3) is 0 Å². The first kappa shape index (κ1) is 11.6. The van der Waals surface area contributed by atoms with E-state index in [1.165, 1.54) is 30.2 Å². The summed E-state index contributed by atoms with van der Waals surface area (Å²) < 4.78 is 5.38. The van der Waals surface area contributed by atoms with Gasteiger partial charge in [-0.15, -0.1) is 0 Å². The Labute approximate surface area is 108 Å². The van der Waals surface area contributed by atoms with E-state index in [4.69, 9.17) is 4.74 Å². The molecule has 3 rings (SSSR count). The summed E-state index contributed by atoms with van der Waals surface area (Å²) in [7, 11) is 1.72. The molecule has 1 saturated heterocycles. The highest BCUT2D eigenvalue weighted by molar-refractivity contribution is 5.88. The fraction of sp³-hybridized carbons (Fsp3) is 0.467. The van der Waals surface area contributed by atoms with E-state index in [1.807, 2.05) is 6.20 Å². The molecule has 2 heterocycles. The number of benzene rings is 1. The molecular weight excluding hydrogens is 224 g/mol. The predicted octanol–water partition coefficient (Wildman–Crippen LogP) is 2.86. The lowest BCUT2D eigenvalue weighted by Crippen LogP contribution is -2.35. The Morgan fingerprint density at radius 3 is 3.00 bits per heavy atom. The van der Waals surface area contributed by atoms with Gasteiger partial charge in [-0.25, -0.2) is 0 Å². The highest BCUT2D eigenvalue weighted by Gasteiger charge is 2.15. The normalized spacial score (nSPS) is 20.2. The molecule has 18 heavy (non-hydrogen) atoms. The van der Waals surface area contributed by atoms with Gasteiger partial charge in [0.15, 0.2) is 0 Å². The van der Waals surface area contributed by atoms with Gasteiger partial charge in [-0.2, -0.15) is 0 Å². The molecule has 0 spiro atoms. The molecule has 2 aromatic rings. The molecule has 2 N–H and O–H groups in total. The minimum absolute atomic E-state index is 0.630. The molecule has 1 atom stereocenters. The van der Waals surface area contributed by atoms with Gasteiger partial charge in [-0.05, 0) is 43.5 Å². The van der Waals surface area contributed by atoms with Crippen molar-refractivity contribution in [3.05, 3.63) is 30.0 Å². The van der Waals surface area contributed by atoms with Crippen molar-refractivity contribution in [1.29, 1.82) is 0 Å². The first-order valence-corrected chi connectivity index (χ1v) is 6.75. The quantitative estimate of drug-likeness (QED) is 0.871. The van der Waals surface area contributed by atoms with Crippen LogP contribution in [0.1, 0.15) is 24.8 Å². The SMILES string of the molecule is COc1ccc(CC2CCCCN2)c2cc[nH]c12. The molecule has 1 aromatic carbocycles. The lowest BCUT2D eigenvalue weighted by atomic mass is 9.96. The number of hydrogen-bond acceptors (Lipinski definition) is 2. The summed E-state index contributed by atoms with van der Waals surface area (Å²) in [6, 6.07) is 7.04. The van der Waals surface area contributed by atoms with Crippen molar-refractivity contribution < 1.29 is 4.74 Å². The maximum absolute atomic E-state index is 5.38. The van der Waals surface area contributed by atoms with Crippen LogP contribution < -0.4 is 10.1 Å². The second-order valence-corrected chi connectivity index (χ2v) is 5.04. The Balaban J connectivity index is 1.89. The van der Waals surface area contributed by atoms with Crippen molar-refractivity contribution in [3.63, 3.8) is 0 Å². The molecule has 1 aliphatic heterocycles. The Hall–Kier alpha value is -1.48. The number of fused-ring (bicyclic) bond motifs is 1. The van der Waals surface area contributed by atoms with Crippen LogP contribution in [0.15, 0.2) is 24.4 Å². The minimum Gasteiger partial charge on any atom is -0.495 e. The van der Waals surface area contributed by atoms with Crippen LogP contribution in [0.2, 0.25) is 0 Å². The zero-order valence-electron chi connectivity index (χ0n) is 10.8. The van der Waals surface area contributed by atoms with E-state index in [0.717, 1.165) is 24.2 Å². The van der Waals surface area contributed by atoms with Crippen molar-refractivity contribution in [2.75, 3.05) is 13.7 Å². The molecule has 3 nitrogen and oxygen atoms in total. The molecule has 1 unspecified atom stereocenters. The average Bonchev–Trinajstić information content (AvgIpc) is 2.90. The number of H-pyrrole nitrogens is 1. The van der Waals surface area contributed by atoms with Gasteiger partial charge in [-0.1, -0.05) is 12.5 Å². The number of piperidine rings is 1. The van der Waals surface area contributed by atoms with Crippen LogP contribution >= 0.6 is 0 Å². The van der Waals surface area contributed by atoms with E-state index in [9.17, 15) is 0 Å². The molecule has 0 amide bonds. The smallest absolute Gasteiger partial charge is 0.142 e. The van der Waals surface area contributed by atoms with Gasteiger partial charge < -0.3 is 15.0 Å². The second-order valence-electron chi connectivity index (χ2n) is 5.04. The number of rotatable bonds is 3. The van der Waals surface area contributed by atoms with Crippen molar-refractivity contribution in [3.8, 4) is 5.75 Å². The van der Waals surface area contributed by atoms with E-state index >= 15 is 0 Å². The zero-order valence-corrected chi connectivity index (χ0v) is 10.8. The van der Waals surface area contributed by atoms with E-state index in [2.05, 4.69) is 28.5 Å². The Bertz CT molecular complexity index is 526. The summed E-state index contributed by atoms with van der Waals surface area (Å²) in [6.07, 6.45) is 7.06. The number of methoxy groups -OCH3 is 1. The highest BCUT2D eigenvalue weighted by Crippen LogP contribution is 2.28. The van der Waals surface area contributed by atoms with Crippen LogP contribution in [0.5, 0.6) is 5.75 Å². The largest absolute Gasteiger partial charge is 0.495 e. The summed E-state index contributed by atoms with van der Waals surface area (Å²) in [4.78, 5) is 3.27. The van der Waals surface area contributed by atoms with Crippen LogP contribution in [0.25, 0.3) is 10.9 Å². The molecule has 1 aliphatic rings. The summed E-state index contributed by atoms with van der Waals surface area (Å²) >= 11 is 0. The summed E-state index contributed by atoms with van der Waals surface area (Å²) in [5.74, 6) is 0.926. The minimum atomic E-state index is 0.630. The lowest BCUT2D eigenvalue weighted by Gasteiger charge is -2.23. The first-order valence-electron chi connectivity index (χ1n) is 6.75. The molecule has 0 radical (unpaired) electrons. The van der Waals surface area contributed by atoms with Crippen LogP contribution in [-0.2, 0) is 6.42 Å². The third kappa shape index (κ3) is 2.10. The van der Waals surface area contributed by atoms with Crippen LogP contribution in [0.3, 0.4) is 0 Å². The third-order valence-electron chi connectivity index (χ3n) is 3.87. The maximum atomic E-state index is 5.38. The van der Waals surface area contributed by atoms with E-state index in [0.29, 0.717) is 6.04 Å². The molecule has 1 fully saturated rings. The van der Waals surface area contributed by atoms with Gasteiger partial charge in [0.1, 0.15) is 5.75 Å². The topological polar surface area (TPSA) is 37.0 Å². The van der Waals surface area contributed by atoms with Gasteiger partial charge in [-0.3, -0.25) is 0 Å². The second kappa shape index (κ2) is 5.02. The number of hydrogen-bond donors (Lipinski definition) is 2. The van der Waals surface area contributed by atoms with Gasteiger partial charge >= 0.3 is 0 Å². The first-order chi connectivity index (χ1) is 8.88. The molecule has 1 aromatic heterocycles. The van der Waals surface area contributed by atoms with Gasteiger partial charge in [0.05, 0.1) is 12.6 Å². The number of aromatic nitrogens is 1. The van der Waals surface area contributed by atoms with E-state index in [1.54, 1.807) is 7.11 Å². The van der Waals surface area contributed by atoms with Crippen LogP contribution in [0.4, 0.5) is 0 Å². The maximum Gasteiger partial charge on any atom is 0.142 e. The number of aromatic amines is 1. The van der Waals surface area contributed by atoms with Crippen molar-refractivity contribution >= 4 is 10.9 Å². The van der Waals surface area contributed by atoms with Crippen molar-refractivity contribution in [2.24, 2.45) is 0 Å². The summed E-state index contributed by atoms with van der Waals surface area (Å²) in [6.45, 7) is 1.16. The fourth-order valence-electron chi connectivity index (χ4n) is 2.90. The predicted molar refractivity (Wildman–Crippen MR) is 74.2 cm³/mol. The monoisotopic (exact) mass is 244 g/mol. The number of ether oxygens (including phenoxy) is 1. The molecule has 96 valence electrons. The standard InChI is InChI=1S/C15H20N2O/c1-18-14-6-5-11(13-7-9-17-15(13)14)10-12-4-2-3-8-16-12/h5-7,9,12,16-17H,2-4,8,10H2,1H3. The highest BCUT2D eigenvalue weighted by atomic mass is 16.5. The Morgan fingerprint density at radius 2 is 2.22 bits per heavy atom. The van der Waals surface area contributed by atoms with Crippen molar-refractivity contribution in [2.45, 2.75) is 31.7 Å². The summed E-state index contributed by atoms with van der Waals surface area (Å²) in [5.41, 5.74) is 2.53. The van der Waals surface area contributed by atoms with E-state index in [-0.39, 0.29) is 0 Å². The average molecular weight is 244 g/mol. The lowest BCUT2D eigenvalue weighted by molar-refractivity contribution is 0.399. The Morgan fingerprint density at radius 1 is 1.28 bits per heavy atom. The van der Waals surface area contributed by atoms with E-state index < -0.39 is 0 Å². The fourth-order valence-corrected chi connectivity index (χ4v) is 2.90. The van der Waals surface area contributed by atoms with Gasteiger partial charge in [0, 0.05) is 17.6 Å². The van der Waals surface area contributed by atoms with Gasteiger partial charge in [0.2, 0.25) is 0 Å². The Kier molecular flexibility index (Phi) is 3.24. The molecule has 0 bridgehead atoms. The van der Waals surface area contributed by atoms with Crippen LogP contribution in [0, 0.1) is 0 Å². The third-order valence-corrected chi connectivity index (χ3v) is 3.87. The number of nitrogens with one attached hydrogen (secondary N) is 2.